The van der Waals surface area contributed by atoms with Gasteiger partial charge in [0.1, 0.15) is 0 Å². The Balaban J connectivity index is 1.31. The molecule has 0 aliphatic carbocycles. The summed E-state index contributed by atoms with van der Waals surface area (Å²) in [5.41, 5.74) is 4.00. The number of carbonyl (C=O) groups excluding carboxylic acids is 1. The van der Waals surface area contributed by atoms with Crippen molar-refractivity contribution in [2.45, 2.75) is 25.3 Å². The molecule has 28 heavy (non-hydrogen) atoms. The monoisotopic (exact) mass is 376 g/mol. The van der Waals surface area contributed by atoms with E-state index in [9.17, 15) is 4.79 Å². The van der Waals surface area contributed by atoms with Crippen molar-refractivity contribution in [2.75, 3.05) is 33.2 Å². The van der Waals surface area contributed by atoms with E-state index < -0.39 is 0 Å². The lowest BCUT2D eigenvalue weighted by Crippen LogP contribution is -2.46. The van der Waals surface area contributed by atoms with Crippen molar-refractivity contribution in [3.63, 3.8) is 0 Å². The van der Waals surface area contributed by atoms with Gasteiger partial charge in [0.15, 0.2) is 5.96 Å². The molecule has 1 saturated heterocycles. The Morgan fingerprint density at radius 3 is 2.57 bits per heavy atom. The van der Waals surface area contributed by atoms with Crippen molar-refractivity contribution in [1.82, 2.24) is 15.1 Å². The Morgan fingerprint density at radius 1 is 1.04 bits per heavy atom. The highest BCUT2D eigenvalue weighted by atomic mass is 16.2. The molecule has 1 atom stereocenters. The van der Waals surface area contributed by atoms with Crippen LogP contribution >= 0.6 is 0 Å². The summed E-state index contributed by atoms with van der Waals surface area (Å²) in [5, 5.41) is 3.29. The van der Waals surface area contributed by atoms with Crippen LogP contribution in [0.15, 0.2) is 59.6 Å². The molecular weight excluding hydrogens is 348 g/mol. The molecule has 2 aromatic rings. The van der Waals surface area contributed by atoms with Gasteiger partial charge in [-0.05, 0) is 29.5 Å². The molecule has 2 aromatic carbocycles. The van der Waals surface area contributed by atoms with Crippen LogP contribution in [0.25, 0.3) is 0 Å². The molecule has 1 unspecified atom stereocenters. The number of guanidine groups is 1. The number of fused-ring (bicyclic) bond motifs is 1. The number of aliphatic imine (C=N–C) groups is 1. The molecule has 2 aliphatic rings. The van der Waals surface area contributed by atoms with Crippen LogP contribution < -0.4 is 5.32 Å². The average molecular weight is 377 g/mol. The average Bonchev–Trinajstić information content (AvgIpc) is 3.24. The summed E-state index contributed by atoms with van der Waals surface area (Å²) in [4.78, 5) is 21.3. The Kier molecular flexibility index (Phi) is 5.60. The summed E-state index contributed by atoms with van der Waals surface area (Å²) in [6, 6.07) is 19.0. The zero-order valence-electron chi connectivity index (χ0n) is 16.5. The SMILES string of the molecule is CN=C(NCC(=O)N1CCc2ccccc2C1)N1CCC(c2ccccc2)C1. The van der Waals surface area contributed by atoms with E-state index in [-0.39, 0.29) is 5.91 Å². The second-order valence-corrected chi connectivity index (χ2v) is 7.58. The van der Waals surface area contributed by atoms with Gasteiger partial charge in [-0.1, -0.05) is 54.6 Å². The first-order valence-corrected chi connectivity index (χ1v) is 10.1. The van der Waals surface area contributed by atoms with Crippen LogP contribution in [0.4, 0.5) is 0 Å². The number of hydrogen-bond donors (Lipinski definition) is 1. The van der Waals surface area contributed by atoms with Gasteiger partial charge in [-0.2, -0.15) is 0 Å². The molecule has 5 heteroatoms. The summed E-state index contributed by atoms with van der Waals surface area (Å²) >= 11 is 0. The van der Waals surface area contributed by atoms with Crippen LogP contribution in [-0.2, 0) is 17.8 Å². The third-order valence-electron chi connectivity index (χ3n) is 5.85. The molecule has 0 saturated carbocycles. The maximum atomic E-state index is 12.7. The highest BCUT2D eigenvalue weighted by Gasteiger charge is 2.27. The van der Waals surface area contributed by atoms with Crippen molar-refractivity contribution >= 4 is 11.9 Å². The first kappa shape index (κ1) is 18.5. The zero-order valence-corrected chi connectivity index (χ0v) is 16.5. The van der Waals surface area contributed by atoms with Gasteiger partial charge in [-0.15, -0.1) is 0 Å². The minimum Gasteiger partial charge on any atom is -0.347 e. The highest BCUT2D eigenvalue weighted by Crippen LogP contribution is 2.26. The first-order chi connectivity index (χ1) is 13.7. The van der Waals surface area contributed by atoms with Crippen LogP contribution in [0.1, 0.15) is 29.0 Å². The Bertz CT molecular complexity index is 849. The highest BCUT2D eigenvalue weighted by molar-refractivity contribution is 5.86. The molecule has 2 heterocycles. The lowest BCUT2D eigenvalue weighted by atomic mass is 9.99. The van der Waals surface area contributed by atoms with E-state index in [1.807, 2.05) is 11.0 Å². The lowest BCUT2D eigenvalue weighted by Gasteiger charge is -2.29. The molecule has 1 N–H and O–H groups in total. The molecule has 0 aromatic heterocycles. The number of carbonyl (C=O) groups is 1. The predicted octanol–water partition coefficient (Wildman–Crippen LogP) is 2.64. The maximum Gasteiger partial charge on any atom is 0.242 e. The van der Waals surface area contributed by atoms with Crippen molar-refractivity contribution in [2.24, 2.45) is 4.99 Å². The fourth-order valence-corrected chi connectivity index (χ4v) is 4.26. The number of likely N-dealkylation sites (tertiary alicyclic amines) is 1. The van der Waals surface area contributed by atoms with Gasteiger partial charge in [0.05, 0.1) is 6.54 Å². The van der Waals surface area contributed by atoms with Gasteiger partial charge in [-0.3, -0.25) is 9.79 Å². The largest absolute Gasteiger partial charge is 0.347 e. The van der Waals surface area contributed by atoms with E-state index in [1.54, 1.807) is 7.05 Å². The van der Waals surface area contributed by atoms with Gasteiger partial charge in [0.25, 0.3) is 0 Å². The van der Waals surface area contributed by atoms with Crippen molar-refractivity contribution < 1.29 is 4.79 Å². The third-order valence-corrected chi connectivity index (χ3v) is 5.85. The van der Waals surface area contributed by atoms with Gasteiger partial charge >= 0.3 is 0 Å². The number of hydrogen-bond acceptors (Lipinski definition) is 2. The van der Waals surface area contributed by atoms with E-state index >= 15 is 0 Å². The number of rotatable bonds is 3. The lowest BCUT2D eigenvalue weighted by molar-refractivity contribution is -0.130. The van der Waals surface area contributed by atoms with Crippen molar-refractivity contribution in [1.29, 1.82) is 0 Å². The number of nitrogens with one attached hydrogen (secondary N) is 1. The quantitative estimate of drug-likeness (QED) is 0.662. The molecule has 146 valence electrons. The first-order valence-electron chi connectivity index (χ1n) is 10.1. The fraction of sp³-hybridized carbons (Fsp3) is 0.391. The van der Waals surface area contributed by atoms with Crippen LogP contribution in [0.5, 0.6) is 0 Å². The van der Waals surface area contributed by atoms with Gasteiger partial charge in [0, 0.05) is 39.1 Å². The summed E-state index contributed by atoms with van der Waals surface area (Å²) in [5.74, 6) is 1.48. The Hall–Kier alpha value is -2.82. The molecule has 2 aliphatic heterocycles. The van der Waals surface area contributed by atoms with Crippen molar-refractivity contribution in [3.8, 4) is 0 Å². The minimum absolute atomic E-state index is 0.134. The normalized spacial score (nSPS) is 19.5. The third kappa shape index (κ3) is 4.03. The maximum absolute atomic E-state index is 12.7. The molecule has 1 fully saturated rings. The molecule has 0 spiro atoms. The van der Waals surface area contributed by atoms with Crippen molar-refractivity contribution in [3.05, 3.63) is 71.3 Å². The minimum atomic E-state index is 0.134. The van der Waals surface area contributed by atoms with Gasteiger partial charge in [-0.25, -0.2) is 0 Å². The Morgan fingerprint density at radius 2 is 1.79 bits per heavy atom. The summed E-state index contributed by atoms with van der Waals surface area (Å²) in [7, 11) is 1.79. The standard InChI is InChI=1S/C23H28N4O/c1-24-23(27-14-12-21(17-27)18-7-3-2-4-8-18)25-15-22(28)26-13-11-19-9-5-6-10-20(19)16-26/h2-10,21H,11-17H2,1H3,(H,24,25). The van der Waals surface area contributed by atoms with E-state index in [2.05, 4.69) is 63.7 Å². The van der Waals surface area contributed by atoms with Crippen LogP contribution in [0.3, 0.4) is 0 Å². The van der Waals surface area contributed by atoms with Crippen LogP contribution in [0.2, 0.25) is 0 Å². The number of nitrogens with zero attached hydrogens (tertiary/aromatic N) is 3. The second kappa shape index (κ2) is 8.46. The summed E-state index contributed by atoms with van der Waals surface area (Å²) < 4.78 is 0. The molecule has 1 amide bonds. The predicted molar refractivity (Wildman–Crippen MR) is 112 cm³/mol. The van der Waals surface area contributed by atoms with E-state index in [4.69, 9.17) is 0 Å². The second-order valence-electron chi connectivity index (χ2n) is 7.58. The van der Waals surface area contributed by atoms with E-state index in [1.165, 1.54) is 16.7 Å². The van der Waals surface area contributed by atoms with Gasteiger partial charge < -0.3 is 15.1 Å². The zero-order chi connectivity index (χ0) is 19.3. The molecule has 0 bridgehead atoms. The molecule has 0 radical (unpaired) electrons. The smallest absolute Gasteiger partial charge is 0.242 e. The summed E-state index contributed by atoms with van der Waals surface area (Å²) in [6.07, 6.45) is 2.04. The number of amides is 1. The number of benzene rings is 2. The van der Waals surface area contributed by atoms with E-state index in [0.29, 0.717) is 19.0 Å². The Labute approximate surface area is 167 Å². The van der Waals surface area contributed by atoms with E-state index in [0.717, 1.165) is 38.4 Å². The van der Waals surface area contributed by atoms with Crippen LogP contribution in [0, 0.1) is 0 Å². The fourth-order valence-electron chi connectivity index (χ4n) is 4.26. The van der Waals surface area contributed by atoms with Gasteiger partial charge in [0.2, 0.25) is 5.91 Å². The topological polar surface area (TPSA) is 47.9 Å². The molecular formula is C23H28N4O. The molecule has 4 rings (SSSR count). The summed E-state index contributed by atoms with van der Waals surface area (Å²) in [6.45, 7) is 3.69. The molecule has 5 nitrogen and oxygen atoms in total. The van der Waals surface area contributed by atoms with Crippen LogP contribution in [-0.4, -0.2) is 54.9 Å².